The van der Waals surface area contributed by atoms with Gasteiger partial charge in [-0.3, -0.25) is 14.8 Å². The number of rotatable bonds is 2. The molecule has 0 aliphatic carbocycles. The average molecular weight is 117 g/mol. The fourth-order valence-corrected chi connectivity index (χ4v) is 0.266. The Bertz CT molecular complexity index is 110. The lowest BCUT2D eigenvalue weighted by Crippen LogP contribution is -2.20. The van der Waals surface area contributed by atoms with Crippen molar-refractivity contribution in [2.75, 3.05) is 0 Å². The number of carbonyl (C=O) groups excluding carboxylic acids is 2. The van der Waals surface area contributed by atoms with Crippen LogP contribution in [0.5, 0.6) is 0 Å². The minimum absolute atomic E-state index is 0.253. The molecule has 0 aliphatic heterocycles. The van der Waals surface area contributed by atoms with Gasteiger partial charge in [0.1, 0.15) is 5.78 Å². The van der Waals surface area contributed by atoms with E-state index in [4.69, 9.17) is 5.21 Å². The van der Waals surface area contributed by atoms with Crippen LogP contribution in [0.2, 0.25) is 0 Å². The van der Waals surface area contributed by atoms with Crippen LogP contribution in [0.4, 0.5) is 0 Å². The average Bonchev–Trinajstić information content (AvgIpc) is 1.65. The number of hydroxylamine groups is 1. The highest BCUT2D eigenvalue weighted by Gasteiger charge is 2.00. The molecule has 0 radical (unpaired) electrons. The minimum Gasteiger partial charge on any atom is -0.299 e. The van der Waals surface area contributed by atoms with Crippen LogP contribution in [-0.4, -0.2) is 16.9 Å². The second-order valence-electron chi connectivity index (χ2n) is 1.41. The molecular weight excluding hydrogens is 110 g/mol. The Morgan fingerprint density at radius 3 is 2.25 bits per heavy atom. The van der Waals surface area contributed by atoms with E-state index in [0.29, 0.717) is 0 Å². The van der Waals surface area contributed by atoms with Gasteiger partial charge in [-0.15, -0.1) is 0 Å². The molecule has 0 aromatic carbocycles. The first kappa shape index (κ1) is 7.10. The molecule has 4 heteroatoms. The monoisotopic (exact) mass is 117 g/mol. The summed E-state index contributed by atoms with van der Waals surface area (Å²) in [7, 11) is 0. The van der Waals surface area contributed by atoms with E-state index in [-0.39, 0.29) is 12.2 Å². The number of nitrogens with one attached hydrogen (secondary N) is 1. The zero-order valence-corrected chi connectivity index (χ0v) is 4.47. The Labute approximate surface area is 46.5 Å². The van der Waals surface area contributed by atoms with E-state index in [1.165, 1.54) is 12.4 Å². The van der Waals surface area contributed by atoms with Crippen LogP contribution in [0.25, 0.3) is 0 Å². The molecule has 0 unspecified atom stereocenters. The quantitative estimate of drug-likeness (QED) is 0.290. The van der Waals surface area contributed by atoms with Crippen molar-refractivity contribution in [2.24, 2.45) is 0 Å². The largest absolute Gasteiger partial charge is 0.299 e. The van der Waals surface area contributed by atoms with Crippen molar-refractivity contribution in [3.8, 4) is 0 Å². The van der Waals surface area contributed by atoms with E-state index in [1.807, 2.05) is 0 Å². The molecule has 0 saturated carbocycles. The smallest absolute Gasteiger partial charge is 0.250 e. The van der Waals surface area contributed by atoms with Crippen LogP contribution in [0.3, 0.4) is 0 Å². The van der Waals surface area contributed by atoms with Gasteiger partial charge < -0.3 is 0 Å². The Morgan fingerprint density at radius 2 is 2.12 bits per heavy atom. The zero-order valence-electron chi connectivity index (χ0n) is 4.47. The van der Waals surface area contributed by atoms with Gasteiger partial charge in [-0.2, -0.15) is 0 Å². The van der Waals surface area contributed by atoms with E-state index in [2.05, 4.69) is 0 Å². The number of carbonyl (C=O) groups is 2. The number of hydrogen-bond acceptors (Lipinski definition) is 3. The van der Waals surface area contributed by atoms with Crippen LogP contribution in [0.1, 0.15) is 13.3 Å². The third kappa shape index (κ3) is 3.30. The summed E-state index contributed by atoms with van der Waals surface area (Å²) in [5.74, 6) is -0.936. The summed E-state index contributed by atoms with van der Waals surface area (Å²) in [6.45, 7) is 1.27. The van der Waals surface area contributed by atoms with Gasteiger partial charge >= 0.3 is 0 Å². The van der Waals surface area contributed by atoms with Gasteiger partial charge in [-0.05, 0) is 6.92 Å². The first-order valence-electron chi connectivity index (χ1n) is 2.09. The predicted octanol–water partition coefficient (Wildman–Crippen LogP) is -0.529. The summed E-state index contributed by atoms with van der Waals surface area (Å²) in [6, 6.07) is 0. The summed E-state index contributed by atoms with van der Waals surface area (Å²) in [4.78, 5) is 20.1. The minimum atomic E-state index is -0.669. The Hall–Kier alpha value is -0.900. The fourth-order valence-electron chi connectivity index (χ4n) is 0.266. The molecule has 0 fully saturated rings. The van der Waals surface area contributed by atoms with Crippen molar-refractivity contribution in [3.05, 3.63) is 0 Å². The summed E-state index contributed by atoms with van der Waals surface area (Å²) in [5, 5.41) is 7.83. The van der Waals surface area contributed by atoms with Gasteiger partial charge in [-0.25, -0.2) is 5.48 Å². The van der Waals surface area contributed by atoms with Gasteiger partial charge in [0.05, 0.1) is 6.42 Å². The highest BCUT2D eigenvalue weighted by molar-refractivity contribution is 5.96. The first-order valence-corrected chi connectivity index (χ1v) is 2.09. The Balaban J connectivity index is 3.40. The summed E-state index contributed by atoms with van der Waals surface area (Å²) < 4.78 is 0. The van der Waals surface area contributed by atoms with Gasteiger partial charge in [0.2, 0.25) is 0 Å². The normalized spacial score (nSPS) is 8.25. The topological polar surface area (TPSA) is 66.4 Å². The number of hydrogen-bond donors (Lipinski definition) is 2. The van der Waals surface area contributed by atoms with E-state index < -0.39 is 5.91 Å². The van der Waals surface area contributed by atoms with Gasteiger partial charge in [0.25, 0.3) is 5.91 Å². The molecule has 0 aromatic rings. The second-order valence-corrected chi connectivity index (χ2v) is 1.41. The van der Waals surface area contributed by atoms with E-state index >= 15 is 0 Å². The third-order valence-corrected chi connectivity index (χ3v) is 0.534. The molecule has 0 atom stereocenters. The van der Waals surface area contributed by atoms with Gasteiger partial charge in [0, 0.05) is 0 Å². The molecular formula is C4H7NO3. The molecule has 46 valence electrons. The fraction of sp³-hybridized carbons (Fsp3) is 0.500. The maximum Gasteiger partial charge on any atom is 0.250 e. The lowest BCUT2D eigenvalue weighted by molar-refractivity contribution is -0.133. The molecule has 0 saturated heterocycles. The molecule has 8 heavy (non-hydrogen) atoms. The van der Waals surface area contributed by atoms with Crippen LogP contribution >= 0.6 is 0 Å². The van der Waals surface area contributed by atoms with Crippen molar-refractivity contribution >= 4 is 11.7 Å². The number of Topliss-reactive ketones (excluding diaryl/α,β-unsaturated/α-hetero) is 1. The zero-order chi connectivity index (χ0) is 6.57. The van der Waals surface area contributed by atoms with Gasteiger partial charge in [-0.1, -0.05) is 0 Å². The summed E-state index contributed by atoms with van der Waals surface area (Å²) >= 11 is 0. The molecule has 0 rings (SSSR count). The third-order valence-electron chi connectivity index (χ3n) is 0.534. The molecule has 0 aliphatic rings. The molecule has 2 N–H and O–H groups in total. The summed E-state index contributed by atoms with van der Waals surface area (Å²) in [5.41, 5.74) is 1.34. The van der Waals surface area contributed by atoms with Crippen LogP contribution < -0.4 is 5.48 Å². The van der Waals surface area contributed by atoms with Gasteiger partial charge in [0.15, 0.2) is 0 Å². The summed E-state index contributed by atoms with van der Waals surface area (Å²) in [6.07, 6.45) is -0.253. The van der Waals surface area contributed by atoms with Crippen molar-refractivity contribution in [1.29, 1.82) is 0 Å². The second kappa shape index (κ2) is 3.15. The predicted molar refractivity (Wildman–Crippen MR) is 25.2 cm³/mol. The maximum atomic E-state index is 10.0. The van der Waals surface area contributed by atoms with Crippen molar-refractivity contribution in [2.45, 2.75) is 13.3 Å². The molecule has 4 nitrogen and oxygen atoms in total. The van der Waals surface area contributed by atoms with E-state index in [1.54, 1.807) is 0 Å². The Morgan fingerprint density at radius 1 is 1.62 bits per heavy atom. The Kier molecular flexibility index (Phi) is 2.79. The SMILES string of the molecule is CC(=O)CC(=O)NO. The van der Waals surface area contributed by atoms with Crippen LogP contribution in [0, 0.1) is 0 Å². The number of ketones is 1. The van der Waals surface area contributed by atoms with Crippen molar-refractivity contribution in [1.82, 2.24) is 5.48 Å². The molecule has 0 spiro atoms. The first-order chi connectivity index (χ1) is 3.66. The van der Waals surface area contributed by atoms with Crippen molar-refractivity contribution < 1.29 is 14.8 Å². The lowest BCUT2D eigenvalue weighted by atomic mass is 10.3. The standard InChI is InChI=1S/C4H7NO3/c1-3(6)2-4(7)5-8/h8H,2H2,1H3,(H,5,7). The maximum absolute atomic E-state index is 10.0. The molecule has 1 amide bonds. The lowest BCUT2D eigenvalue weighted by Gasteiger charge is -1.89. The molecule has 0 heterocycles. The molecule has 0 bridgehead atoms. The van der Waals surface area contributed by atoms with Crippen molar-refractivity contribution in [3.63, 3.8) is 0 Å². The van der Waals surface area contributed by atoms with E-state index in [9.17, 15) is 9.59 Å². The van der Waals surface area contributed by atoms with Crippen LogP contribution in [0.15, 0.2) is 0 Å². The molecule has 0 aromatic heterocycles. The number of amides is 1. The highest BCUT2D eigenvalue weighted by Crippen LogP contribution is 1.77. The highest BCUT2D eigenvalue weighted by atomic mass is 16.5. The van der Waals surface area contributed by atoms with E-state index in [0.717, 1.165) is 0 Å². The van der Waals surface area contributed by atoms with Crippen LogP contribution in [-0.2, 0) is 9.59 Å².